The van der Waals surface area contributed by atoms with E-state index >= 15 is 0 Å². The van der Waals surface area contributed by atoms with Gasteiger partial charge in [0.05, 0.1) is 6.61 Å². The standard InChI is InChI=1S/C13H20N2O/c1-9-7-12(14)3-4-13(9)15-10(2)11-5-6-16-8-11/h3-4,7,10-11,15H,5-6,8,14H2,1-2H3. The molecule has 1 aromatic carbocycles. The maximum atomic E-state index is 5.73. The molecule has 0 aliphatic carbocycles. The molecule has 0 bridgehead atoms. The average molecular weight is 220 g/mol. The molecular formula is C13H20N2O. The highest BCUT2D eigenvalue weighted by atomic mass is 16.5. The van der Waals surface area contributed by atoms with Gasteiger partial charge in [0.15, 0.2) is 0 Å². The van der Waals surface area contributed by atoms with Gasteiger partial charge in [-0.05, 0) is 44.0 Å². The van der Waals surface area contributed by atoms with Gasteiger partial charge in [-0.1, -0.05) is 0 Å². The van der Waals surface area contributed by atoms with Crippen molar-refractivity contribution in [3.05, 3.63) is 23.8 Å². The Morgan fingerprint density at radius 3 is 2.94 bits per heavy atom. The summed E-state index contributed by atoms with van der Waals surface area (Å²) in [5.74, 6) is 0.622. The number of hydrogen-bond acceptors (Lipinski definition) is 3. The third-order valence-electron chi connectivity index (χ3n) is 3.31. The molecule has 0 aromatic heterocycles. The van der Waals surface area contributed by atoms with E-state index in [0.717, 1.165) is 25.3 Å². The summed E-state index contributed by atoms with van der Waals surface area (Å²) in [5.41, 5.74) is 8.93. The van der Waals surface area contributed by atoms with Crippen LogP contribution in [0.3, 0.4) is 0 Å². The number of benzene rings is 1. The van der Waals surface area contributed by atoms with Crippen molar-refractivity contribution in [2.24, 2.45) is 5.92 Å². The van der Waals surface area contributed by atoms with Crippen molar-refractivity contribution in [1.82, 2.24) is 0 Å². The zero-order valence-electron chi connectivity index (χ0n) is 9.99. The third kappa shape index (κ3) is 2.47. The van der Waals surface area contributed by atoms with Crippen LogP contribution >= 0.6 is 0 Å². The van der Waals surface area contributed by atoms with E-state index in [1.165, 1.54) is 11.3 Å². The molecule has 0 amide bonds. The lowest BCUT2D eigenvalue weighted by Gasteiger charge is -2.21. The van der Waals surface area contributed by atoms with Crippen LogP contribution in [0.1, 0.15) is 18.9 Å². The first kappa shape index (κ1) is 11.3. The third-order valence-corrected chi connectivity index (χ3v) is 3.31. The summed E-state index contributed by atoms with van der Waals surface area (Å²) in [5, 5.41) is 3.54. The molecule has 1 saturated heterocycles. The normalized spacial score (nSPS) is 22.0. The Balaban J connectivity index is 2.02. The fraction of sp³-hybridized carbons (Fsp3) is 0.538. The lowest BCUT2D eigenvalue weighted by atomic mass is 10.00. The summed E-state index contributed by atoms with van der Waals surface area (Å²) in [6.07, 6.45) is 1.15. The molecule has 1 fully saturated rings. The first-order chi connectivity index (χ1) is 7.66. The molecule has 0 saturated carbocycles. The topological polar surface area (TPSA) is 47.3 Å². The maximum Gasteiger partial charge on any atom is 0.0514 e. The van der Waals surface area contributed by atoms with Crippen LogP contribution in [0.4, 0.5) is 11.4 Å². The van der Waals surface area contributed by atoms with Gasteiger partial charge in [0, 0.05) is 29.9 Å². The molecule has 1 aliphatic heterocycles. The smallest absolute Gasteiger partial charge is 0.0514 e. The largest absolute Gasteiger partial charge is 0.399 e. The lowest BCUT2D eigenvalue weighted by molar-refractivity contribution is 0.183. The van der Waals surface area contributed by atoms with Crippen molar-refractivity contribution in [2.45, 2.75) is 26.3 Å². The molecule has 2 rings (SSSR count). The number of nitrogens with two attached hydrogens (primary N) is 1. The SMILES string of the molecule is Cc1cc(N)ccc1NC(C)C1CCOC1. The number of nitrogen functional groups attached to an aromatic ring is 1. The van der Waals surface area contributed by atoms with Gasteiger partial charge >= 0.3 is 0 Å². The number of rotatable bonds is 3. The van der Waals surface area contributed by atoms with E-state index in [1.807, 2.05) is 12.1 Å². The molecule has 16 heavy (non-hydrogen) atoms. The van der Waals surface area contributed by atoms with Crippen molar-refractivity contribution in [1.29, 1.82) is 0 Å². The van der Waals surface area contributed by atoms with Crippen molar-refractivity contribution in [3.63, 3.8) is 0 Å². The van der Waals surface area contributed by atoms with E-state index in [1.54, 1.807) is 0 Å². The highest BCUT2D eigenvalue weighted by molar-refractivity contribution is 5.57. The van der Waals surface area contributed by atoms with Crippen LogP contribution in [-0.2, 0) is 4.74 Å². The zero-order valence-corrected chi connectivity index (χ0v) is 9.99. The van der Waals surface area contributed by atoms with Crippen LogP contribution in [0.25, 0.3) is 0 Å². The zero-order chi connectivity index (χ0) is 11.5. The van der Waals surface area contributed by atoms with Crippen molar-refractivity contribution < 1.29 is 4.74 Å². The highest BCUT2D eigenvalue weighted by Gasteiger charge is 2.22. The average Bonchev–Trinajstić information content (AvgIpc) is 2.75. The monoisotopic (exact) mass is 220 g/mol. The summed E-state index contributed by atoms with van der Waals surface area (Å²) >= 11 is 0. The molecule has 1 aliphatic rings. The minimum atomic E-state index is 0.449. The summed E-state index contributed by atoms with van der Waals surface area (Å²) in [4.78, 5) is 0. The second-order valence-corrected chi connectivity index (χ2v) is 4.63. The van der Waals surface area contributed by atoms with Crippen LogP contribution in [0.5, 0.6) is 0 Å². The molecule has 2 atom stereocenters. The number of ether oxygens (including phenoxy) is 1. The number of anilines is 2. The van der Waals surface area contributed by atoms with Gasteiger partial charge < -0.3 is 15.8 Å². The first-order valence-electron chi connectivity index (χ1n) is 5.87. The van der Waals surface area contributed by atoms with Gasteiger partial charge in [-0.15, -0.1) is 0 Å². The Hall–Kier alpha value is -1.22. The lowest BCUT2D eigenvalue weighted by Crippen LogP contribution is -2.26. The number of aryl methyl sites for hydroxylation is 1. The molecule has 0 spiro atoms. The van der Waals surface area contributed by atoms with Crippen molar-refractivity contribution in [2.75, 3.05) is 24.3 Å². The van der Waals surface area contributed by atoms with Crippen LogP contribution in [0, 0.1) is 12.8 Å². The van der Waals surface area contributed by atoms with Crippen LogP contribution < -0.4 is 11.1 Å². The van der Waals surface area contributed by atoms with Crippen LogP contribution in [0.2, 0.25) is 0 Å². The highest BCUT2D eigenvalue weighted by Crippen LogP contribution is 2.23. The fourth-order valence-corrected chi connectivity index (χ4v) is 2.16. The summed E-state index contributed by atoms with van der Waals surface area (Å²) in [7, 11) is 0. The van der Waals surface area contributed by atoms with Crippen LogP contribution in [0.15, 0.2) is 18.2 Å². The molecule has 1 aromatic rings. The number of hydrogen-bond donors (Lipinski definition) is 2. The first-order valence-corrected chi connectivity index (χ1v) is 5.87. The molecule has 3 N–H and O–H groups in total. The molecule has 1 heterocycles. The van der Waals surface area contributed by atoms with E-state index in [9.17, 15) is 0 Å². The molecule has 3 nitrogen and oxygen atoms in total. The van der Waals surface area contributed by atoms with E-state index < -0.39 is 0 Å². The van der Waals surface area contributed by atoms with Gasteiger partial charge in [-0.2, -0.15) is 0 Å². The molecule has 88 valence electrons. The van der Waals surface area contributed by atoms with Gasteiger partial charge in [0.2, 0.25) is 0 Å². The number of nitrogens with one attached hydrogen (secondary N) is 1. The van der Waals surface area contributed by atoms with Crippen molar-refractivity contribution >= 4 is 11.4 Å². The Labute approximate surface area is 97.0 Å². The van der Waals surface area contributed by atoms with E-state index in [0.29, 0.717) is 12.0 Å². The van der Waals surface area contributed by atoms with Gasteiger partial charge in [0.1, 0.15) is 0 Å². The predicted octanol–water partition coefficient (Wildman–Crippen LogP) is 2.41. The summed E-state index contributed by atoms with van der Waals surface area (Å²) < 4.78 is 5.41. The minimum Gasteiger partial charge on any atom is -0.399 e. The van der Waals surface area contributed by atoms with E-state index in [-0.39, 0.29) is 0 Å². The predicted molar refractivity (Wildman–Crippen MR) is 67.6 cm³/mol. The Kier molecular flexibility index (Phi) is 3.34. The Morgan fingerprint density at radius 2 is 2.31 bits per heavy atom. The molecule has 0 radical (unpaired) electrons. The maximum absolute atomic E-state index is 5.73. The van der Waals surface area contributed by atoms with E-state index in [2.05, 4.69) is 25.2 Å². The quantitative estimate of drug-likeness (QED) is 0.769. The van der Waals surface area contributed by atoms with Crippen LogP contribution in [-0.4, -0.2) is 19.3 Å². The molecule has 3 heteroatoms. The summed E-state index contributed by atoms with van der Waals surface area (Å²) in [6, 6.07) is 6.44. The molecular weight excluding hydrogens is 200 g/mol. The molecule has 2 unspecified atom stereocenters. The van der Waals surface area contributed by atoms with E-state index in [4.69, 9.17) is 10.5 Å². The van der Waals surface area contributed by atoms with Crippen molar-refractivity contribution in [3.8, 4) is 0 Å². The second kappa shape index (κ2) is 4.74. The minimum absolute atomic E-state index is 0.449. The van der Waals surface area contributed by atoms with Gasteiger partial charge in [-0.25, -0.2) is 0 Å². The Morgan fingerprint density at radius 1 is 1.50 bits per heavy atom. The fourth-order valence-electron chi connectivity index (χ4n) is 2.16. The second-order valence-electron chi connectivity index (χ2n) is 4.63. The van der Waals surface area contributed by atoms with Gasteiger partial charge in [-0.3, -0.25) is 0 Å². The summed E-state index contributed by atoms with van der Waals surface area (Å²) in [6.45, 7) is 6.07. The van der Waals surface area contributed by atoms with Gasteiger partial charge in [0.25, 0.3) is 0 Å². The Bertz CT molecular complexity index is 359.